The molecule has 1 heterocycles. The molecule has 1 N–H and O–H groups in total. The highest BCUT2D eigenvalue weighted by atomic mass is 79.9. The normalized spacial score (nSPS) is 20.3. The summed E-state index contributed by atoms with van der Waals surface area (Å²) >= 11 is 3.26. The van der Waals surface area contributed by atoms with E-state index in [1.807, 2.05) is 6.07 Å². The van der Waals surface area contributed by atoms with Crippen molar-refractivity contribution in [3.8, 4) is 0 Å². The van der Waals surface area contributed by atoms with Gasteiger partial charge in [0.25, 0.3) is 0 Å². The Morgan fingerprint density at radius 2 is 2.38 bits per heavy atom. The van der Waals surface area contributed by atoms with Gasteiger partial charge in [-0.15, -0.1) is 0 Å². The second kappa shape index (κ2) is 5.25. The Labute approximate surface area is 103 Å². The molecular weight excluding hydrogens is 273 g/mol. The van der Waals surface area contributed by atoms with Crippen molar-refractivity contribution < 1.29 is 9.13 Å². The summed E-state index contributed by atoms with van der Waals surface area (Å²) < 4.78 is 19.5. The smallest absolute Gasteiger partial charge is 0.142 e. The number of hydrogen-bond donors (Lipinski definition) is 1. The van der Waals surface area contributed by atoms with E-state index >= 15 is 0 Å². The van der Waals surface area contributed by atoms with Crippen LogP contribution in [0.3, 0.4) is 0 Å². The first kappa shape index (κ1) is 12.0. The van der Waals surface area contributed by atoms with Gasteiger partial charge < -0.3 is 10.1 Å². The third kappa shape index (κ3) is 2.44. The van der Waals surface area contributed by atoms with Gasteiger partial charge in [0.2, 0.25) is 0 Å². The second-order valence-electron chi connectivity index (χ2n) is 4.06. The first-order chi connectivity index (χ1) is 7.72. The van der Waals surface area contributed by atoms with Crippen molar-refractivity contribution >= 4 is 15.9 Å². The molecule has 1 atom stereocenters. The predicted molar refractivity (Wildman–Crippen MR) is 64.8 cm³/mol. The van der Waals surface area contributed by atoms with Crippen molar-refractivity contribution in [3.05, 3.63) is 33.5 Å². The maximum Gasteiger partial charge on any atom is 0.142 e. The van der Waals surface area contributed by atoms with Gasteiger partial charge in [-0.1, -0.05) is 0 Å². The van der Waals surface area contributed by atoms with E-state index in [4.69, 9.17) is 4.74 Å². The Kier molecular flexibility index (Phi) is 3.95. The van der Waals surface area contributed by atoms with Crippen LogP contribution in [-0.2, 0) is 11.3 Å². The Morgan fingerprint density at radius 1 is 1.56 bits per heavy atom. The summed E-state index contributed by atoms with van der Waals surface area (Å²) in [7, 11) is 1.64. The molecule has 1 aliphatic heterocycles. The number of nitrogens with one attached hydrogen (secondary N) is 1. The maximum absolute atomic E-state index is 13.9. The van der Waals surface area contributed by atoms with Gasteiger partial charge in [0.05, 0.1) is 11.1 Å². The van der Waals surface area contributed by atoms with Gasteiger partial charge in [-0.3, -0.25) is 0 Å². The fourth-order valence-electron chi connectivity index (χ4n) is 2.12. The van der Waals surface area contributed by atoms with Crippen LogP contribution in [-0.4, -0.2) is 13.7 Å². The molecule has 0 saturated carbocycles. The van der Waals surface area contributed by atoms with Crippen LogP contribution in [0.1, 0.15) is 30.0 Å². The Hall–Kier alpha value is -0.450. The third-order valence-corrected chi connectivity index (χ3v) is 3.44. The lowest BCUT2D eigenvalue weighted by Gasteiger charge is -2.14. The highest BCUT2D eigenvalue weighted by Gasteiger charge is 2.21. The lowest BCUT2D eigenvalue weighted by atomic mass is 10.0. The van der Waals surface area contributed by atoms with Crippen molar-refractivity contribution in [2.75, 3.05) is 13.7 Å². The molecule has 1 saturated heterocycles. The highest BCUT2D eigenvalue weighted by molar-refractivity contribution is 9.10. The standard InChI is InChI=1S/C12H15BrFNO/c1-16-7-8-5-9(11-3-2-4-15-11)12(14)10(13)6-8/h5-6,11,15H,2-4,7H2,1H3. The molecule has 4 heteroatoms. The molecule has 1 unspecified atom stereocenters. The van der Waals surface area contributed by atoms with Crippen LogP contribution in [0.5, 0.6) is 0 Å². The van der Waals surface area contributed by atoms with Gasteiger partial charge in [-0.25, -0.2) is 4.39 Å². The van der Waals surface area contributed by atoms with E-state index in [0.717, 1.165) is 30.5 Å². The second-order valence-corrected chi connectivity index (χ2v) is 4.92. The molecule has 88 valence electrons. The highest BCUT2D eigenvalue weighted by Crippen LogP contribution is 2.30. The molecule has 0 amide bonds. The van der Waals surface area contributed by atoms with Gasteiger partial charge in [-0.05, 0) is 53.0 Å². The summed E-state index contributed by atoms with van der Waals surface area (Å²) in [5.41, 5.74) is 1.75. The zero-order valence-corrected chi connectivity index (χ0v) is 10.8. The maximum atomic E-state index is 13.9. The van der Waals surface area contributed by atoms with E-state index < -0.39 is 0 Å². The minimum absolute atomic E-state index is 0.146. The first-order valence-corrected chi connectivity index (χ1v) is 6.22. The molecule has 0 aliphatic carbocycles. The number of halogens is 2. The topological polar surface area (TPSA) is 21.3 Å². The number of hydrogen-bond acceptors (Lipinski definition) is 2. The fourth-order valence-corrected chi connectivity index (χ4v) is 2.65. The van der Waals surface area contributed by atoms with Gasteiger partial charge in [0.15, 0.2) is 0 Å². The number of rotatable bonds is 3. The summed E-state index contributed by atoms with van der Waals surface area (Å²) in [5, 5.41) is 3.31. The van der Waals surface area contributed by atoms with E-state index in [1.165, 1.54) is 0 Å². The van der Waals surface area contributed by atoms with Crippen LogP contribution in [0.25, 0.3) is 0 Å². The average Bonchev–Trinajstić information content (AvgIpc) is 2.76. The van der Waals surface area contributed by atoms with Crippen LogP contribution < -0.4 is 5.32 Å². The average molecular weight is 288 g/mol. The van der Waals surface area contributed by atoms with Crippen molar-refractivity contribution in [3.63, 3.8) is 0 Å². The fraction of sp³-hybridized carbons (Fsp3) is 0.500. The Morgan fingerprint density at radius 3 is 3.00 bits per heavy atom. The minimum Gasteiger partial charge on any atom is -0.380 e. The molecular formula is C12H15BrFNO. The van der Waals surface area contributed by atoms with Crippen molar-refractivity contribution in [2.24, 2.45) is 0 Å². The molecule has 2 rings (SSSR count). The number of methoxy groups -OCH3 is 1. The van der Waals surface area contributed by atoms with E-state index in [9.17, 15) is 4.39 Å². The summed E-state index contributed by atoms with van der Waals surface area (Å²) in [6.07, 6.45) is 2.11. The minimum atomic E-state index is -0.153. The molecule has 0 spiro atoms. The summed E-state index contributed by atoms with van der Waals surface area (Å²) in [4.78, 5) is 0. The van der Waals surface area contributed by atoms with Crippen molar-refractivity contribution in [1.82, 2.24) is 5.32 Å². The van der Waals surface area contributed by atoms with Crippen LogP contribution in [0.4, 0.5) is 4.39 Å². The zero-order valence-electron chi connectivity index (χ0n) is 9.22. The molecule has 1 aromatic rings. The molecule has 0 bridgehead atoms. The van der Waals surface area contributed by atoms with E-state index in [1.54, 1.807) is 13.2 Å². The monoisotopic (exact) mass is 287 g/mol. The molecule has 2 nitrogen and oxygen atoms in total. The molecule has 1 fully saturated rings. The van der Waals surface area contributed by atoms with Crippen LogP contribution >= 0.6 is 15.9 Å². The summed E-state index contributed by atoms with van der Waals surface area (Å²) in [6, 6.07) is 3.82. The quantitative estimate of drug-likeness (QED) is 0.922. The molecule has 0 radical (unpaired) electrons. The SMILES string of the molecule is COCc1cc(Br)c(F)c(C2CCCN2)c1. The Balaban J connectivity index is 2.33. The van der Waals surface area contributed by atoms with E-state index in [0.29, 0.717) is 11.1 Å². The van der Waals surface area contributed by atoms with Gasteiger partial charge in [-0.2, -0.15) is 0 Å². The van der Waals surface area contributed by atoms with Gasteiger partial charge in [0.1, 0.15) is 5.82 Å². The molecule has 1 aliphatic rings. The summed E-state index contributed by atoms with van der Waals surface area (Å²) in [6.45, 7) is 1.48. The van der Waals surface area contributed by atoms with E-state index in [2.05, 4.69) is 21.2 Å². The van der Waals surface area contributed by atoms with Crippen LogP contribution in [0.2, 0.25) is 0 Å². The lowest BCUT2D eigenvalue weighted by molar-refractivity contribution is 0.184. The van der Waals surface area contributed by atoms with Gasteiger partial charge >= 0.3 is 0 Å². The lowest BCUT2D eigenvalue weighted by Crippen LogP contribution is -2.15. The number of ether oxygens (including phenoxy) is 1. The van der Waals surface area contributed by atoms with Crippen LogP contribution in [0, 0.1) is 5.82 Å². The van der Waals surface area contributed by atoms with Crippen molar-refractivity contribution in [1.29, 1.82) is 0 Å². The summed E-state index contributed by atoms with van der Waals surface area (Å²) in [5.74, 6) is -0.153. The molecule has 16 heavy (non-hydrogen) atoms. The van der Waals surface area contributed by atoms with E-state index in [-0.39, 0.29) is 11.9 Å². The molecule has 1 aromatic carbocycles. The third-order valence-electron chi connectivity index (χ3n) is 2.86. The number of benzene rings is 1. The van der Waals surface area contributed by atoms with Crippen molar-refractivity contribution in [2.45, 2.75) is 25.5 Å². The Bertz CT molecular complexity index is 378. The molecule has 0 aromatic heterocycles. The first-order valence-electron chi connectivity index (χ1n) is 5.42. The largest absolute Gasteiger partial charge is 0.380 e. The predicted octanol–water partition coefficient (Wildman–Crippen LogP) is 3.16. The van der Waals surface area contributed by atoms with Gasteiger partial charge in [0, 0.05) is 18.7 Å². The zero-order chi connectivity index (χ0) is 11.5. The van der Waals surface area contributed by atoms with Crippen LogP contribution in [0.15, 0.2) is 16.6 Å².